The van der Waals surface area contributed by atoms with Gasteiger partial charge < -0.3 is 5.32 Å². The van der Waals surface area contributed by atoms with Crippen molar-refractivity contribution in [2.24, 2.45) is 0 Å². The molecule has 3 rings (SSSR count). The third-order valence-electron chi connectivity index (χ3n) is 3.99. The van der Waals surface area contributed by atoms with Crippen molar-refractivity contribution in [3.8, 4) is 11.1 Å². The van der Waals surface area contributed by atoms with Crippen molar-refractivity contribution < 1.29 is 0 Å². The number of nitrogens with one attached hydrogen (secondary N) is 1. The monoisotopic (exact) mass is 324 g/mol. The fraction of sp³-hybridized carbons (Fsp3) is 0.235. The maximum absolute atomic E-state index is 6.52. The quantitative estimate of drug-likeness (QED) is 0.592. The van der Waals surface area contributed by atoms with E-state index in [4.69, 9.17) is 11.6 Å². The van der Waals surface area contributed by atoms with Crippen LogP contribution < -0.4 is 10.8 Å². The molecule has 1 N–H and O–H groups in total. The molecule has 2 aromatic heterocycles. The summed E-state index contributed by atoms with van der Waals surface area (Å²) in [6.07, 6.45) is 4.31. The Hall–Kier alpha value is -2.14. The number of hydrogen-bond donors (Lipinski definition) is 1. The SMILES string of the molecule is Bc1ccccc1-c1c(Cl)nc2nccnc2c1NC(C)CC. The summed E-state index contributed by atoms with van der Waals surface area (Å²) in [5, 5.41) is 3.99. The minimum absolute atomic E-state index is 0.293. The van der Waals surface area contributed by atoms with Crippen LogP contribution in [-0.2, 0) is 0 Å². The average molecular weight is 325 g/mol. The summed E-state index contributed by atoms with van der Waals surface area (Å²) < 4.78 is 0. The Morgan fingerprint density at radius 2 is 1.96 bits per heavy atom. The van der Waals surface area contributed by atoms with Crippen molar-refractivity contribution >= 4 is 41.8 Å². The molecule has 23 heavy (non-hydrogen) atoms. The van der Waals surface area contributed by atoms with Gasteiger partial charge in [-0.25, -0.2) is 15.0 Å². The molecule has 0 aliphatic rings. The Morgan fingerprint density at radius 1 is 1.22 bits per heavy atom. The third-order valence-corrected chi connectivity index (χ3v) is 4.27. The maximum atomic E-state index is 6.52. The molecule has 0 fully saturated rings. The summed E-state index contributed by atoms with van der Waals surface area (Å²) in [4.78, 5) is 13.2. The predicted octanol–water partition coefficient (Wildman–Crippen LogP) is 2.81. The van der Waals surface area contributed by atoms with Gasteiger partial charge in [0.05, 0.1) is 5.69 Å². The maximum Gasteiger partial charge on any atom is 0.181 e. The lowest BCUT2D eigenvalue weighted by Crippen LogP contribution is -2.17. The molecular formula is C17H18BClN4. The molecule has 4 nitrogen and oxygen atoms in total. The van der Waals surface area contributed by atoms with E-state index < -0.39 is 0 Å². The van der Waals surface area contributed by atoms with Crippen LogP contribution in [0.25, 0.3) is 22.3 Å². The summed E-state index contributed by atoms with van der Waals surface area (Å²) in [6.45, 7) is 4.28. The Balaban J connectivity index is 2.33. The van der Waals surface area contributed by atoms with Gasteiger partial charge in [-0.2, -0.15) is 0 Å². The molecule has 3 aromatic rings. The highest BCUT2D eigenvalue weighted by molar-refractivity contribution is 6.39. The molecule has 1 atom stereocenters. The van der Waals surface area contributed by atoms with Crippen LogP contribution in [-0.4, -0.2) is 28.8 Å². The first-order valence-electron chi connectivity index (χ1n) is 7.74. The number of pyridine rings is 1. The Labute approximate surface area is 141 Å². The summed E-state index contributed by atoms with van der Waals surface area (Å²) in [5.74, 6) is 0. The Kier molecular flexibility index (Phi) is 4.48. The zero-order valence-electron chi connectivity index (χ0n) is 13.5. The standard InChI is InChI=1S/C17H18BClN4/c1-3-10(2)22-14-13(11-6-4-5-7-12(11)18)16(19)23-17-15(14)20-8-9-21-17/h4-10H,3,18H2,1-2H3,(H,21,22,23). The molecule has 0 aliphatic heterocycles. The van der Waals surface area contributed by atoms with Gasteiger partial charge in [0.25, 0.3) is 0 Å². The first-order valence-corrected chi connectivity index (χ1v) is 8.12. The summed E-state index contributed by atoms with van der Waals surface area (Å²) >= 11 is 6.52. The molecule has 0 saturated heterocycles. The second-order valence-corrected chi connectivity index (χ2v) is 6.01. The first kappa shape index (κ1) is 15.7. The van der Waals surface area contributed by atoms with E-state index in [-0.39, 0.29) is 0 Å². The Bertz CT molecular complexity index is 853. The van der Waals surface area contributed by atoms with Crippen molar-refractivity contribution in [2.75, 3.05) is 5.32 Å². The first-order chi connectivity index (χ1) is 11.1. The van der Waals surface area contributed by atoms with Crippen LogP contribution in [0.4, 0.5) is 5.69 Å². The molecule has 0 spiro atoms. The number of nitrogens with zero attached hydrogens (tertiary/aromatic N) is 3. The van der Waals surface area contributed by atoms with Gasteiger partial charge in [-0.3, -0.25) is 0 Å². The van der Waals surface area contributed by atoms with E-state index in [0.29, 0.717) is 16.8 Å². The van der Waals surface area contributed by atoms with E-state index in [0.717, 1.165) is 34.2 Å². The van der Waals surface area contributed by atoms with Crippen molar-refractivity contribution in [3.63, 3.8) is 0 Å². The topological polar surface area (TPSA) is 50.7 Å². The van der Waals surface area contributed by atoms with E-state index in [9.17, 15) is 0 Å². The van der Waals surface area contributed by atoms with Crippen molar-refractivity contribution in [1.29, 1.82) is 0 Å². The second kappa shape index (κ2) is 6.55. The molecule has 0 bridgehead atoms. The van der Waals surface area contributed by atoms with E-state index in [1.54, 1.807) is 12.4 Å². The normalized spacial score (nSPS) is 12.3. The zero-order chi connectivity index (χ0) is 16.4. The second-order valence-electron chi connectivity index (χ2n) is 5.65. The molecule has 6 heteroatoms. The van der Waals surface area contributed by atoms with Gasteiger partial charge in [0.1, 0.15) is 18.5 Å². The summed E-state index contributed by atoms with van der Waals surface area (Å²) in [6, 6.07) is 8.44. The van der Waals surface area contributed by atoms with E-state index in [1.165, 1.54) is 0 Å². The van der Waals surface area contributed by atoms with Gasteiger partial charge in [0.15, 0.2) is 5.65 Å². The molecule has 1 aromatic carbocycles. The molecule has 2 heterocycles. The summed E-state index contributed by atoms with van der Waals surface area (Å²) in [7, 11) is 2.07. The van der Waals surface area contributed by atoms with Crippen LogP contribution in [0.15, 0.2) is 36.7 Å². The minimum Gasteiger partial charge on any atom is -0.380 e. The van der Waals surface area contributed by atoms with Gasteiger partial charge >= 0.3 is 0 Å². The highest BCUT2D eigenvalue weighted by Crippen LogP contribution is 2.37. The highest BCUT2D eigenvalue weighted by Gasteiger charge is 2.19. The third kappa shape index (κ3) is 3.01. The smallest absolute Gasteiger partial charge is 0.181 e. The Morgan fingerprint density at radius 3 is 2.70 bits per heavy atom. The lowest BCUT2D eigenvalue weighted by molar-refractivity contribution is 0.765. The van der Waals surface area contributed by atoms with Gasteiger partial charge in [-0.05, 0) is 18.9 Å². The number of benzene rings is 1. The molecule has 0 radical (unpaired) electrons. The van der Waals surface area contributed by atoms with Crippen LogP contribution in [0, 0.1) is 0 Å². The fourth-order valence-corrected chi connectivity index (χ4v) is 2.82. The van der Waals surface area contributed by atoms with Gasteiger partial charge in [0.2, 0.25) is 0 Å². The van der Waals surface area contributed by atoms with Crippen LogP contribution in [0.3, 0.4) is 0 Å². The van der Waals surface area contributed by atoms with Crippen LogP contribution >= 0.6 is 11.6 Å². The highest BCUT2D eigenvalue weighted by atomic mass is 35.5. The molecule has 0 amide bonds. The minimum atomic E-state index is 0.293. The van der Waals surface area contributed by atoms with Crippen LogP contribution in [0.2, 0.25) is 5.15 Å². The van der Waals surface area contributed by atoms with E-state index >= 15 is 0 Å². The van der Waals surface area contributed by atoms with E-state index in [2.05, 4.69) is 54.1 Å². The predicted molar refractivity (Wildman–Crippen MR) is 99.3 cm³/mol. The van der Waals surface area contributed by atoms with Crippen molar-refractivity contribution in [2.45, 2.75) is 26.3 Å². The lowest BCUT2D eigenvalue weighted by Gasteiger charge is -2.20. The van der Waals surface area contributed by atoms with Gasteiger partial charge in [-0.15, -0.1) is 0 Å². The largest absolute Gasteiger partial charge is 0.380 e. The van der Waals surface area contributed by atoms with Crippen molar-refractivity contribution in [1.82, 2.24) is 15.0 Å². The van der Waals surface area contributed by atoms with Gasteiger partial charge in [-0.1, -0.05) is 48.3 Å². The van der Waals surface area contributed by atoms with E-state index in [1.807, 2.05) is 12.1 Å². The number of halogens is 1. The molecular weight excluding hydrogens is 306 g/mol. The zero-order valence-corrected chi connectivity index (χ0v) is 14.2. The number of hydrogen-bond acceptors (Lipinski definition) is 4. The molecule has 0 saturated carbocycles. The molecule has 0 aliphatic carbocycles. The van der Waals surface area contributed by atoms with Crippen molar-refractivity contribution in [3.05, 3.63) is 41.8 Å². The molecule has 116 valence electrons. The van der Waals surface area contributed by atoms with Crippen LogP contribution in [0.5, 0.6) is 0 Å². The number of aromatic nitrogens is 3. The number of fused-ring (bicyclic) bond motifs is 1. The fourth-order valence-electron chi connectivity index (χ4n) is 2.55. The molecule has 1 unspecified atom stereocenters. The average Bonchev–Trinajstić information content (AvgIpc) is 2.56. The number of rotatable bonds is 4. The van der Waals surface area contributed by atoms with Crippen LogP contribution in [0.1, 0.15) is 20.3 Å². The summed E-state index contributed by atoms with van der Waals surface area (Å²) in [5.41, 5.74) is 5.29. The lowest BCUT2D eigenvalue weighted by atomic mass is 9.87. The number of anilines is 1. The van der Waals surface area contributed by atoms with Gasteiger partial charge in [0, 0.05) is 24.0 Å².